The Morgan fingerprint density at radius 2 is 2.11 bits per heavy atom. The number of nitrogens with zero attached hydrogens (tertiary/aromatic N) is 1. The fourth-order valence-corrected chi connectivity index (χ4v) is 3.75. The topological polar surface area (TPSA) is 34.1 Å². The Hall–Kier alpha value is -1.09. The Bertz CT molecular complexity index is 409. The van der Waals surface area contributed by atoms with Crippen molar-refractivity contribution >= 4 is 0 Å². The minimum absolute atomic E-state index is 0.637. The van der Waals surface area contributed by atoms with Crippen LogP contribution in [0.15, 0.2) is 18.3 Å². The first-order valence-corrected chi connectivity index (χ1v) is 7.55. The van der Waals surface area contributed by atoms with Crippen LogP contribution in [0.2, 0.25) is 0 Å². The number of nitrogens with one attached hydrogen (secondary N) is 1. The molecular formula is C16H24N2O. The van der Waals surface area contributed by atoms with Crippen molar-refractivity contribution in [2.45, 2.75) is 57.5 Å². The van der Waals surface area contributed by atoms with Crippen LogP contribution in [-0.2, 0) is 6.54 Å². The Morgan fingerprint density at radius 1 is 1.26 bits per heavy atom. The summed E-state index contributed by atoms with van der Waals surface area (Å²) in [5, 5.41) is 3.75. The second-order valence-electron chi connectivity index (χ2n) is 6.10. The van der Waals surface area contributed by atoms with E-state index >= 15 is 0 Å². The lowest BCUT2D eigenvalue weighted by atomic mass is 9.57. The number of rotatable bonds is 4. The van der Waals surface area contributed by atoms with E-state index in [0.29, 0.717) is 11.3 Å². The Kier molecular flexibility index (Phi) is 3.74. The number of hydrogen-bond donors (Lipinski definition) is 1. The van der Waals surface area contributed by atoms with E-state index in [1.807, 2.05) is 12.3 Å². The van der Waals surface area contributed by atoms with Crippen molar-refractivity contribution in [2.24, 2.45) is 5.41 Å². The van der Waals surface area contributed by atoms with Gasteiger partial charge in [0, 0.05) is 24.8 Å². The molecule has 0 aliphatic heterocycles. The summed E-state index contributed by atoms with van der Waals surface area (Å²) in [7, 11) is 1.65. The van der Waals surface area contributed by atoms with Gasteiger partial charge in [0.1, 0.15) is 0 Å². The third-order valence-electron chi connectivity index (χ3n) is 5.08. The minimum Gasteiger partial charge on any atom is -0.481 e. The molecule has 2 fully saturated rings. The highest BCUT2D eigenvalue weighted by molar-refractivity contribution is 5.18. The van der Waals surface area contributed by atoms with Gasteiger partial charge in [-0.15, -0.1) is 0 Å². The molecule has 1 unspecified atom stereocenters. The van der Waals surface area contributed by atoms with E-state index in [-0.39, 0.29) is 0 Å². The van der Waals surface area contributed by atoms with Gasteiger partial charge in [0.2, 0.25) is 5.88 Å². The molecule has 104 valence electrons. The van der Waals surface area contributed by atoms with E-state index < -0.39 is 0 Å². The summed E-state index contributed by atoms with van der Waals surface area (Å²) < 4.78 is 5.09. The number of ether oxygens (including phenoxy) is 1. The van der Waals surface area contributed by atoms with Crippen LogP contribution in [0.5, 0.6) is 5.88 Å². The zero-order chi connectivity index (χ0) is 13.1. The number of hydrogen-bond acceptors (Lipinski definition) is 3. The van der Waals surface area contributed by atoms with Gasteiger partial charge in [0.15, 0.2) is 0 Å². The summed E-state index contributed by atoms with van der Waals surface area (Å²) >= 11 is 0. The molecule has 19 heavy (non-hydrogen) atoms. The predicted octanol–water partition coefficient (Wildman–Crippen LogP) is 3.29. The molecule has 0 aromatic carbocycles. The lowest BCUT2D eigenvalue weighted by Gasteiger charge is -2.52. The van der Waals surface area contributed by atoms with Crippen molar-refractivity contribution < 1.29 is 4.74 Å². The first-order valence-electron chi connectivity index (χ1n) is 7.55. The highest BCUT2D eigenvalue weighted by Crippen LogP contribution is 2.51. The molecule has 2 aliphatic carbocycles. The van der Waals surface area contributed by atoms with Gasteiger partial charge in [-0.05, 0) is 36.7 Å². The van der Waals surface area contributed by atoms with Gasteiger partial charge in [-0.3, -0.25) is 0 Å². The number of aromatic nitrogens is 1. The molecule has 1 spiro atoms. The summed E-state index contributed by atoms with van der Waals surface area (Å²) in [5.74, 6) is 0.691. The lowest BCUT2D eigenvalue weighted by molar-refractivity contribution is 0.0221. The second-order valence-corrected chi connectivity index (χ2v) is 6.10. The predicted molar refractivity (Wildman–Crippen MR) is 76.2 cm³/mol. The summed E-state index contributed by atoms with van der Waals surface area (Å²) in [6, 6.07) is 4.77. The van der Waals surface area contributed by atoms with Crippen molar-refractivity contribution in [3.05, 3.63) is 23.9 Å². The summed E-state index contributed by atoms with van der Waals surface area (Å²) in [6.45, 7) is 0.934. The van der Waals surface area contributed by atoms with Crippen molar-refractivity contribution in [3.63, 3.8) is 0 Å². The summed E-state index contributed by atoms with van der Waals surface area (Å²) in [5.41, 5.74) is 1.89. The molecule has 0 radical (unpaired) electrons. The van der Waals surface area contributed by atoms with Crippen molar-refractivity contribution in [3.8, 4) is 5.88 Å². The minimum atomic E-state index is 0.637. The Labute approximate surface area is 115 Å². The van der Waals surface area contributed by atoms with E-state index in [1.54, 1.807) is 7.11 Å². The summed E-state index contributed by atoms with van der Waals surface area (Å²) in [6.07, 6.45) is 11.9. The number of pyridine rings is 1. The molecule has 3 heteroatoms. The monoisotopic (exact) mass is 260 g/mol. The van der Waals surface area contributed by atoms with E-state index in [0.717, 1.165) is 12.6 Å². The maximum absolute atomic E-state index is 5.09. The van der Waals surface area contributed by atoms with E-state index in [9.17, 15) is 0 Å². The van der Waals surface area contributed by atoms with Crippen LogP contribution in [0.3, 0.4) is 0 Å². The molecule has 0 bridgehead atoms. The normalized spacial score (nSPS) is 25.0. The van der Waals surface area contributed by atoms with Crippen LogP contribution in [0.1, 0.15) is 50.5 Å². The van der Waals surface area contributed by atoms with Crippen molar-refractivity contribution in [2.75, 3.05) is 7.11 Å². The molecule has 3 rings (SSSR count). The van der Waals surface area contributed by atoms with E-state index in [1.165, 1.54) is 50.5 Å². The zero-order valence-corrected chi connectivity index (χ0v) is 11.8. The molecule has 2 saturated carbocycles. The van der Waals surface area contributed by atoms with Gasteiger partial charge in [-0.1, -0.05) is 25.3 Å². The third kappa shape index (κ3) is 2.62. The summed E-state index contributed by atoms with van der Waals surface area (Å²) in [4.78, 5) is 4.26. The fourth-order valence-electron chi connectivity index (χ4n) is 3.75. The van der Waals surface area contributed by atoms with Crippen LogP contribution in [0.4, 0.5) is 0 Å². The van der Waals surface area contributed by atoms with Gasteiger partial charge in [-0.2, -0.15) is 0 Å². The molecule has 3 nitrogen and oxygen atoms in total. The van der Waals surface area contributed by atoms with E-state index in [2.05, 4.69) is 16.4 Å². The first-order chi connectivity index (χ1) is 9.32. The fraction of sp³-hybridized carbons (Fsp3) is 0.688. The second kappa shape index (κ2) is 5.49. The van der Waals surface area contributed by atoms with Crippen LogP contribution < -0.4 is 10.1 Å². The van der Waals surface area contributed by atoms with Crippen LogP contribution in [0.25, 0.3) is 0 Å². The highest BCUT2D eigenvalue weighted by atomic mass is 16.5. The first kappa shape index (κ1) is 12.9. The third-order valence-corrected chi connectivity index (χ3v) is 5.08. The Balaban J connectivity index is 1.54. The highest BCUT2D eigenvalue weighted by Gasteiger charge is 2.46. The quantitative estimate of drug-likeness (QED) is 0.902. The maximum atomic E-state index is 5.09. The molecule has 0 saturated heterocycles. The molecule has 2 aliphatic rings. The van der Waals surface area contributed by atoms with Gasteiger partial charge >= 0.3 is 0 Å². The average molecular weight is 260 g/mol. The van der Waals surface area contributed by atoms with Gasteiger partial charge in [-0.25, -0.2) is 4.98 Å². The molecule has 0 amide bonds. The average Bonchev–Trinajstić information content (AvgIpc) is 2.48. The zero-order valence-electron chi connectivity index (χ0n) is 11.8. The molecule has 1 N–H and O–H groups in total. The van der Waals surface area contributed by atoms with E-state index in [4.69, 9.17) is 4.74 Å². The lowest BCUT2D eigenvalue weighted by Crippen LogP contribution is -2.53. The SMILES string of the molecule is COc1ccc(CNC2CCC23CCCCC3)cn1. The molecule has 1 aromatic rings. The molecule has 1 atom stereocenters. The van der Waals surface area contributed by atoms with Gasteiger partial charge in [0.25, 0.3) is 0 Å². The molecule has 1 aromatic heterocycles. The molecule has 1 heterocycles. The van der Waals surface area contributed by atoms with Crippen LogP contribution in [0, 0.1) is 5.41 Å². The standard InChI is InChI=1S/C16H24N2O/c1-19-15-6-5-13(12-18-15)11-17-14-7-10-16(14)8-3-2-4-9-16/h5-6,12,14,17H,2-4,7-11H2,1H3. The van der Waals surface area contributed by atoms with Crippen LogP contribution in [-0.4, -0.2) is 18.1 Å². The smallest absolute Gasteiger partial charge is 0.212 e. The maximum Gasteiger partial charge on any atom is 0.212 e. The van der Waals surface area contributed by atoms with Gasteiger partial charge < -0.3 is 10.1 Å². The molecular weight excluding hydrogens is 236 g/mol. The Morgan fingerprint density at radius 3 is 2.68 bits per heavy atom. The van der Waals surface area contributed by atoms with Crippen molar-refractivity contribution in [1.29, 1.82) is 0 Å². The van der Waals surface area contributed by atoms with Crippen LogP contribution >= 0.6 is 0 Å². The van der Waals surface area contributed by atoms with Gasteiger partial charge in [0.05, 0.1) is 7.11 Å². The number of methoxy groups -OCH3 is 1. The largest absolute Gasteiger partial charge is 0.481 e. The van der Waals surface area contributed by atoms with Crippen molar-refractivity contribution in [1.82, 2.24) is 10.3 Å².